The third kappa shape index (κ3) is 7.47. The minimum absolute atomic E-state index is 0. The third-order valence-corrected chi connectivity index (χ3v) is 10.6. The van der Waals surface area contributed by atoms with E-state index in [1.54, 1.807) is 53.9 Å². The Morgan fingerprint density at radius 2 is 1.04 bits per heavy atom. The Kier molecular flexibility index (Phi) is 10.7. The number of anilines is 1. The molecule has 272 valence electrons. The number of imidazole rings is 2. The van der Waals surface area contributed by atoms with Gasteiger partial charge >= 0.3 is 11.4 Å². The molecular formula is C34H36BrCl3N12O2. The second-order valence-electron chi connectivity index (χ2n) is 13.4. The van der Waals surface area contributed by atoms with E-state index < -0.39 is 0 Å². The average molecular weight is 831 g/mol. The molecule has 0 radical (unpaired) electrons. The van der Waals surface area contributed by atoms with Crippen LogP contribution in [0.3, 0.4) is 0 Å². The highest BCUT2D eigenvalue weighted by Crippen LogP contribution is 2.39. The number of fused-ring (bicyclic) bond motifs is 2. The molecule has 4 fully saturated rings. The summed E-state index contributed by atoms with van der Waals surface area (Å²) in [4.78, 5) is 51.0. The molecule has 0 saturated heterocycles. The molecule has 18 heteroatoms. The van der Waals surface area contributed by atoms with Crippen molar-refractivity contribution in [2.24, 2.45) is 5.73 Å². The van der Waals surface area contributed by atoms with E-state index >= 15 is 0 Å². The van der Waals surface area contributed by atoms with Crippen LogP contribution in [0.4, 0.5) is 5.82 Å². The van der Waals surface area contributed by atoms with Crippen LogP contribution in [0.1, 0.15) is 75.5 Å². The summed E-state index contributed by atoms with van der Waals surface area (Å²) in [6, 6.07) is 8.73. The SMILES string of the molecule is Cl.Clc1ccc(Br)nc1.NC1CC(n2c(=O)n(C3CC3)c3nccnc32)C1.O=c1n(C2CC2)c2nccnc2n1C1CC(Nc2ccc(Cl)cn2)C1. The molecule has 6 aromatic rings. The number of nitrogens with zero attached hydrogens (tertiary/aromatic N) is 10. The first-order valence-corrected chi connectivity index (χ1v) is 18.6. The van der Waals surface area contributed by atoms with E-state index in [1.165, 1.54) is 0 Å². The Morgan fingerprint density at radius 1 is 0.615 bits per heavy atom. The van der Waals surface area contributed by atoms with Crippen molar-refractivity contribution in [2.45, 2.75) is 87.6 Å². The minimum atomic E-state index is 0. The minimum Gasteiger partial charge on any atom is -0.367 e. The fourth-order valence-corrected chi connectivity index (χ4v) is 7.15. The van der Waals surface area contributed by atoms with Gasteiger partial charge in [-0.3, -0.25) is 18.3 Å². The van der Waals surface area contributed by atoms with Crippen LogP contribution in [0.25, 0.3) is 22.6 Å². The average Bonchev–Trinajstić information content (AvgIpc) is 4.05. The number of pyridine rings is 2. The van der Waals surface area contributed by atoms with E-state index in [-0.39, 0.29) is 41.9 Å². The number of rotatable bonds is 6. The Morgan fingerprint density at radius 3 is 1.40 bits per heavy atom. The molecule has 0 aliphatic heterocycles. The summed E-state index contributed by atoms with van der Waals surface area (Å²) < 4.78 is 8.07. The zero-order valence-corrected chi connectivity index (χ0v) is 31.7. The quantitative estimate of drug-likeness (QED) is 0.182. The Bertz CT molecular complexity index is 2270. The van der Waals surface area contributed by atoms with Crippen molar-refractivity contribution in [3.63, 3.8) is 0 Å². The number of aromatic nitrogens is 10. The van der Waals surface area contributed by atoms with E-state index in [0.717, 1.165) is 67.4 Å². The summed E-state index contributed by atoms with van der Waals surface area (Å²) in [7, 11) is 0. The maximum absolute atomic E-state index is 12.9. The fourth-order valence-electron chi connectivity index (χ4n) is 6.69. The van der Waals surface area contributed by atoms with Crippen molar-refractivity contribution < 1.29 is 0 Å². The standard InChI is InChI=1S/C17H17ClN6O.C12H15N5O.C5H3BrClN.ClH/c18-10-1-4-14(21-9-10)22-11-7-13(8-11)24-16-15(19-5-6-20-16)23(17(24)25)12-2-3-12;13-7-5-9(6-7)17-11-10(14-3-4-15-11)16(12(17)18)8-1-2-8;6-5-2-1-4(7)3-8-5;/h1,4-6,9,11-13H,2-3,7-8H2,(H,21,22);3-4,7-9H,1-2,5-6,13H2;1-3H;1H. The van der Waals surface area contributed by atoms with Crippen molar-refractivity contribution in [1.82, 2.24) is 48.2 Å². The van der Waals surface area contributed by atoms with Crippen LogP contribution in [0.2, 0.25) is 10.0 Å². The molecule has 4 aliphatic carbocycles. The van der Waals surface area contributed by atoms with Crippen LogP contribution in [-0.4, -0.2) is 60.3 Å². The summed E-state index contributed by atoms with van der Waals surface area (Å²) in [5.41, 5.74) is 8.74. The molecule has 0 unspecified atom stereocenters. The molecular weight excluding hydrogens is 795 g/mol. The molecule has 14 nitrogen and oxygen atoms in total. The van der Waals surface area contributed by atoms with Gasteiger partial charge in [0, 0.05) is 73.4 Å². The smallest absolute Gasteiger partial charge is 0.332 e. The van der Waals surface area contributed by atoms with Gasteiger partial charge < -0.3 is 11.1 Å². The lowest BCUT2D eigenvalue weighted by molar-refractivity contribution is 0.264. The van der Waals surface area contributed by atoms with Gasteiger partial charge in [0.25, 0.3) is 0 Å². The van der Waals surface area contributed by atoms with E-state index in [2.05, 4.69) is 51.2 Å². The maximum Gasteiger partial charge on any atom is 0.332 e. The molecule has 0 amide bonds. The Labute approximate surface area is 322 Å². The van der Waals surface area contributed by atoms with Crippen molar-refractivity contribution in [3.05, 3.63) is 97.1 Å². The lowest BCUT2D eigenvalue weighted by Crippen LogP contribution is -2.41. The third-order valence-electron chi connectivity index (χ3n) is 9.65. The second-order valence-corrected chi connectivity index (χ2v) is 15.1. The first kappa shape index (κ1) is 36.5. The van der Waals surface area contributed by atoms with E-state index in [1.807, 2.05) is 25.8 Å². The number of nitrogens with two attached hydrogens (primary N) is 1. The van der Waals surface area contributed by atoms with Crippen molar-refractivity contribution in [3.8, 4) is 0 Å². The Hall–Kier alpha value is -3.89. The highest BCUT2D eigenvalue weighted by molar-refractivity contribution is 9.10. The first-order chi connectivity index (χ1) is 24.7. The van der Waals surface area contributed by atoms with Gasteiger partial charge in [-0.05, 0) is 91.6 Å². The van der Waals surface area contributed by atoms with E-state index in [9.17, 15) is 9.59 Å². The fraction of sp³-hybridized carbons (Fsp3) is 0.412. The van der Waals surface area contributed by atoms with Crippen LogP contribution in [0.15, 0.2) is 75.6 Å². The predicted octanol–water partition coefficient (Wildman–Crippen LogP) is 6.30. The molecule has 6 heterocycles. The lowest BCUT2D eigenvalue weighted by atomic mass is 9.86. The molecule has 0 aromatic carbocycles. The summed E-state index contributed by atoms with van der Waals surface area (Å²) in [5.74, 6) is 0.806. The molecule has 0 spiro atoms. The van der Waals surface area contributed by atoms with Crippen LogP contribution in [-0.2, 0) is 0 Å². The highest BCUT2D eigenvalue weighted by Gasteiger charge is 2.38. The van der Waals surface area contributed by atoms with Crippen molar-refractivity contribution in [2.75, 3.05) is 5.32 Å². The first-order valence-electron chi connectivity index (χ1n) is 17.0. The van der Waals surface area contributed by atoms with Crippen LogP contribution < -0.4 is 22.4 Å². The molecule has 0 atom stereocenters. The summed E-state index contributed by atoms with van der Waals surface area (Å²) in [6.07, 6.45) is 17.5. The van der Waals surface area contributed by atoms with Crippen LogP contribution >= 0.6 is 51.5 Å². The maximum atomic E-state index is 12.9. The van der Waals surface area contributed by atoms with E-state index in [0.29, 0.717) is 45.1 Å². The van der Waals surface area contributed by atoms with Gasteiger partial charge in [0.15, 0.2) is 22.6 Å². The van der Waals surface area contributed by atoms with Gasteiger partial charge in [0.1, 0.15) is 10.4 Å². The highest BCUT2D eigenvalue weighted by atomic mass is 79.9. The zero-order valence-electron chi connectivity index (χ0n) is 27.8. The molecule has 0 bridgehead atoms. The summed E-state index contributed by atoms with van der Waals surface area (Å²) in [5, 5.41) is 4.67. The van der Waals surface area contributed by atoms with Gasteiger partial charge in [-0.25, -0.2) is 39.5 Å². The zero-order chi connectivity index (χ0) is 35.2. The number of hydrogen-bond acceptors (Lipinski definition) is 10. The molecule has 4 aliphatic rings. The van der Waals surface area contributed by atoms with Crippen LogP contribution in [0, 0.1) is 0 Å². The topological polar surface area (TPSA) is 169 Å². The van der Waals surface area contributed by atoms with Gasteiger partial charge in [-0.1, -0.05) is 23.2 Å². The molecule has 6 aromatic heterocycles. The second kappa shape index (κ2) is 15.2. The lowest BCUT2D eigenvalue weighted by Gasteiger charge is -2.36. The van der Waals surface area contributed by atoms with Gasteiger partial charge in [0.05, 0.1) is 10.0 Å². The largest absolute Gasteiger partial charge is 0.367 e. The summed E-state index contributed by atoms with van der Waals surface area (Å²) >= 11 is 14.6. The summed E-state index contributed by atoms with van der Waals surface area (Å²) in [6.45, 7) is 0. The number of halogens is 4. The molecule has 52 heavy (non-hydrogen) atoms. The van der Waals surface area contributed by atoms with Gasteiger partial charge in [0.2, 0.25) is 0 Å². The van der Waals surface area contributed by atoms with Gasteiger partial charge in [-0.2, -0.15) is 0 Å². The van der Waals surface area contributed by atoms with Crippen molar-refractivity contribution >= 4 is 79.9 Å². The number of hydrogen-bond donors (Lipinski definition) is 2. The number of nitrogens with one attached hydrogen (secondary N) is 1. The normalized spacial score (nSPS) is 21.8. The van der Waals surface area contributed by atoms with E-state index in [4.69, 9.17) is 28.9 Å². The molecule has 3 N–H and O–H groups in total. The monoisotopic (exact) mass is 828 g/mol. The Balaban J connectivity index is 0.000000136. The molecule has 10 rings (SSSR count). The van der Waals surface area contributed by atoms with Crippen LogP contribution in [0.5, 0.6) is 0 Å². The van der Waals surface area contributed by atoms with Gasteiger partial charge in [-0.15, -0.1) is 12.4 Å². The van der Waals surface area contributed by atoms with Crippen molar-refractivity contribution in [1.29, 1.82) is 0 Å². The molecule has 4 saturated carbocycles. The predicted molar refractivity (Wildman–Crippen MR) is 205 cm³/mol.